The lowest BCUT2D eigenvalue weighted by atomic mass is 9.95. The Labute approximate surface area is 172 Å². The molecule has 0 spiro atoms. The largest absolute Gasteiger partial charge is 0.324 e. The van der Waals surface area contributed by atoms with Crippen LogP contribution in [0.15, 0.2) is 58.5 Å². The molecule has 0 amide bonds. The molecule has 0 fully saturated rings. The van der Waals surface area contributed by atoms with Crippen molar-refractivity contribution in [3.8, 4) is 0 Å². The second kappa shape index (κ2) is 8.21. The smallest absolute Gasteiger partial charge is 0.206 e. The first-order valence-electron chi connectivity index (χ1n) is 9.23. The number of benzene rings is 2. The van der Waals surface area contributed by atoms with Crippen LogP contribution in [0.4, 0.5) is 14.5 Å². The van der Waals surface area contributed by atoms with Gasteiger partial charge in [-0.05, 0) is 66.8 Å². The average Bonchev–Trinajstić information content (AvgIpc) is 2.71. The van der Waals surface area contributed by atoms with E-state index < -0.39 is 5.82 Å². The molecular formula is C22H20F2N4S. The predicted molar refractivity (Wildman–Crippen MR) is 113 cm³/mol. The van der Waals surface area contributed by atoms with Crippen LogP contribution in [0, 0.1) is 25.5 Å². The van der Waals surface area contributed by atoms with Gasteiger partial charge in [0, 0.05) is 18.2 Å². The lowest BCUT2D eigenvalue weighted by Gasteiger charge is -2.24. The molecule has 0 saturated carbocycles. The summed E-state index contributed by atoms with van der Waals surface area (Å²) in [6.45, 7) is 4.15. The number of hydrogen-bond donors (Lipinski definition) is 2. The quantitative estimate of drug-likeness (QED) is 0.585. The SMILES string of the molecule is Cc1cccc(C)c1Cc1c(F)ccc2c1NC(=NCc1ncccc1F)NS2. The summed E-state index contributed by atoms with van der Waals surface area (Å²) >= 11 is 1.35. The first kappa shape index (κ1) is 19.4. The van der Waals surface area contributed by atoms with Crippen molar-refractivity contribution in [3.63, 3.8) is 0 Å². The Balaban J connectivity index is 1.64. The minimum atomic E-state index is -0.400. The van der Waals surface area contributed by atoms with Crippen molar-refractivity contribution < 1.29 is 8.78 Å². The number of pyridine rings is 1. The minimum absolute atomic E-state index is 0.0828. The van der Waals surface area contributed by atoms with E-state index in [9.17, 15) is 8.78 Å². The number of aromatic nitrogens is 1. The van der Waals surface area contributed by atoms with Crippen molar-refractivity contribution in [2.45, 2.75) is 31.7 Å². The summed E-state index contributed by atoms with van der Waals surface area (Å²) < 4.78 is 31.7. The molecule has 1 aromatic heterocycles. The second-order valence-electron chi connectivity index (χ2n) is 6.87. The van der Waals surface area contributed by atoms with Crippen LogP contribution in [0.3, 0.4) is 0 Å². The fourth-order valence-corrected chi connectivity index (χ4v) is 4.04. The summed E-state index contributed by atoms with van der Waals surface area (Å²) in [5.74, 6) is -0.222. The van der Waals surface area contributed by atoms with Gasteiger partial charge in [-0.25, -0.2) is 13.8 Å². The van der Waals surface area contributed by atoms with Gasteiger partial charge >= 0.3 is 0 Å². The number of guanidine groups is 1. The van der Waals surface area contributed by atoms with Gasteiger partial charge in [0.1, 0.15) is 11.6 Å². The van der Waals surface area contributed by atoms with Crippen LogP contribution in [0.2, 0.25) is 0 Å². The molecule has 29 heavy (non-hydrogen) atoms. The molecule has 148 valence electrons. The van der Waals surface area contributed by atoms with Crippen molar-refractivity contribution in [2.24, 2.45) is 4.99 Å². The van der Waals surface area contributed by atoms with Gasteiger partial charge in [0.2, 0.25) is 5.96 Å². The van der Waals surface area contributed by atoms with E-state index in [2.05, 4.69) is 20.0 Å². The van der Waals surface area contributed by atoms with Crippen molar-refractivity contribution in [1.82, 2.24) is 9.71 Å². The first-order valence-corrected chi connectivity index (χ1v) is 10.0. The molecule has 0 radical (unpaired) electrons. The fourth-order valence-electron chi connectivity index (χ4n) is 3.31. The Morgan fingerprint density at radius 1 is 0.966 bits per heavy atom. The third-order valence-electron chi connectivity index (χ3n) is 4.94. The van der Waals surface area contributed by atoms with E-state index in [1.54, 1.807) is 6.07 Å². The molecule has 0 saturated heterocycles. The lowest BCUT2D eigenvalue weighted by molar-refractivity contribution is 0.600. The Morgan fingerprint density at radius 3 is 2.52 bits per heavy atom. The predicted octanol–water partition coefficient (Wildman–Crippen LogP) is 5.15. The van der Waals surface area contributed by atoms with E-state index in [-0.39, 0.29) is 18.1 Å². The van der Waals surface area contributed by atoms with Crippen LogP contribution in [0.1, 0.15) is 27.9 Å². The Hall–Kier alpha value is -2.93. The molecule has 0 atom stereocenters. The number of halogens is 2. The lowest BCUT2D eigenvalue weighted by Crippen LogP contribution is -2.30. The van der Waals surface area contributed by atoms with Crippen molar-refractivity contribution in [2.75, 3.05) is 5.32 Å². The number of hydrogen-bond acceptors (Lipinski definition) is 3. The highest BCUT2D eigenvalue weighted by Crippen LogP contribution is 2.35. The number of aliphatic imine (C=N–C) groups is 1. The highest BCUT2D eigenvalue weighted by atomic mass is 32.2. The molecule has 4 rings (SSSR count). The number of nitrogens with zero attached hydrogens (tertiary/aromatic N) is 2. The molecule has 2 heterocycles. The van der Waals surface area contributed by atoms with Crippen LogP contribution in [-0.4, -0.2) is 10.9 Å². The molecule has 1 aliphatic rings. The van der Waals surface area contributed by atoms with E-state index in [0.717, 1.165) is 21.6 Å². The number of aryl methyl sites for hydroxylation is 2. The van der Waals surface area contributed by atoms with E-state index in [1.165, 1.54) is 36.3 Å². The summed E-state index contributed by atoms with van der Waals surface area (Å²) in [6.07, 6.45) is 2.01. The summed E-state index contributed by atoms with van der Waals surface area (Å²) in [5.41, 5.74) is 4.90. The summed E-state index contributed by atoms with van der Waals surface area (Å²) in [5, 5.41) is 3.18. The van der Waals surface area contributed by atoms with Gasteiger partial charge in [-0.1, -0.05) is 18.2 Å². The first-order chi connectivity index (χ1) is 14.0. The van der Waals surface area contributed by atoms with Gasteiger partial charge < -0.3 is 5.32 Å². The molecule has 3 aromatic rings. The summed E-state index contributed by atoms with van der Waals surface area (Å²) in [7, 11) is 0. The Bertz CT molecular complexity index is 1080. The van der Waals surface area contributed by atoms with E-state index in [0.29, 0.717) is 23.6 Å². The maximum absolute atomic E-state index is 14.8. The molecule has 0 bridgehead atoms. The maximum Gasteiger partial charge on any atom is 0.206 e. The molecular weight excluding hydrogens is 390 g/mol. The van der Waals surface area contributed by atoms with Crippen LogP contribution < -0.4 is 10.0 Å². The number of nitrogens with one attached hydrogen (secondary N) is 2. The normalized spacial score (nSPS) is 14.3. The number of fused-ring (bicyclic) bond motifs is 1. The standard InChI is InChI=1S/C22H20F2N4S/c1-13-5-3-6-14(2)15(13)11-16-17(23)8-9-20-21(16)27-22(28-29-20)26-12-19-18(24)7-4-10-25-19/h3-10H,11-12H2,1-2H3,(H2,26,27,28). The average molecular weight is 410 g/mol. The van der Waals surface area contributed by atoms with Gasteiger partial charge in [0.15, 0.2) is 0 Å². The zero-order chi connectivity index (χ0) is 20.4. The van der Waals surface area contributed by atoms with E-state index in [4.69, 9.17) is 0 Å². The molecule has 1 aliphatic heterocycles. The van der Waals surface area contributed by atoms with Crippen molar-refractivity contribution in [3.05, 3.63) is 88.2 Å². The molecule has 0 aliphatic carbocycles. The number of anilines is 1. The topological polar surface area (TPSA) is 49.3 Å². The second-order valence-corrected chi connectivity index (χ2v) is 7.72. The summed E-state index contributed by atoms with van der Waals surface area (Å²) in [6, 6.07) is 12.2. The van der Waals surface area contributed by atoms with Gasteiger partial charge in [-0.15, -0.1) is 0 Å². The molecule has 0 unspecified atom stereocenters. The minimum Gasteiger partial charge on any atom is -0.324 e. The van der Waals surface area contributed by atoms with Crippen LogP contribution in [0.25, 0.3) is 0 Å². The Morgan fingerprint density at radius 2 is 1.76 bits per heavy atom. The highest BCUT2D eigenvalue weighted by Gasteiger charge is 2.21. The molecule has 4 nitrogen and oxygen atoms in total. The molecule has 7 heteroatoms. The van der Waals surface area contributed by atoms with Gasteiger partial charge in [-0.3, -0.25) is 9.71 Å². The maximum atomic E-state index is 14.8. The van der Waals surface area contributed by atoms with E-state index in [1.807, 2.05) is 32.0 Å². The summed E-state index contributed by atoms with van der Waals surface area (Å²) in [4.78, 5) is 9.27. The third kappa shape index (κ3) is 4.10. The highest BCUT2D eigenvalue weighted by molar-refractivity contribution is 7.98. The fraction of sp³-hybridized carbons (Fsp3) is 0.182. The molecule has 2 N–H and O–H groups in total. The van der Waals surface area contributed by atoms with Crippen molar-refractivity contribution >= 4 is 23.6 Å². The van der Waals surface area contributed by atoms with Crippen molar-refractivity contribution in [1.29, 1.82) is 0 Å². The van der Waals surface area contributed by atoms with E-state index >= 15 is 0 Å². The zero-order valence-electron chi connectivity index (χ0n) is 16.1. The number of rotatable bonds is 4. The zero-order valence-corrected chi connectivity index (χ0v) is 16.9. The monoisotopic (exact) mass is 410 g/mol. The van der Waals surface area contributed by atoms with Crippen LogP contribution in [-0.2, 0) is 13.0 Å². The third-order valence-corrected chi connectivity index (χ3v) is 5.79. The van der Waals surface area contributed by atoms with Crippen LogP contribution >= 0.6 is 11.9 Å². The van der Waals surface area contributed by atoms with Gasteiger partial charge in [0.05, 0.1) is 22.8 Å². The Kier molecular flexibility index (Phi) is 5.49. The van der Waals surface area contributed by atoms with Crippen LogP contribution in [0.5, 0.6) is 0 Å². The van der Waals surface area contributed by atoms with Gasteiger partial charge in [-0.2, -0.15) is 0 Å². The molecule has 2 aromatic carbocycles. The van der Waals surface area contributed by atoms with Gasteiger partial charge in [0.25, 0.3) is 0 Å².